The van der Waals surface area contributed by atoms with Crippen LogP contribution in [0.5, 0.6) is 0 Å². The molecule has 2 atom stereocenters. The van der Waals surface area contributed by atoms with Crippen molar-refractivity contribution in [1.82, 2.24) is 14.9 Å². The molecule has 1 aliphatic rings. The molecule has 0 spiro atoms. The first-order valence-electron chi connectivity index (χ1n) is 11.7. The van der Waals surface area contributed by atoms with Gasteiger partial charge in [0, 0.05) is 42.2 Å². The predicted octanol–water partition coefficient (Wildman–Crippen LogP) is 4.56. The van der Waals surface area contributed by atoms with Crippen molar-refractivity contribution in [2.45, 2.75) is 78.3 Å². The Labute approximate surface area is 194 Å². The minimum atomic E-state index is -0.494. The van der Waals surface area contributed by atoms with E-state index in [0.29, 0.717) is 36.2 Å². The molecular formula is C25H32FN5O2. The molecule has 0 radical (unpaired) electrons. The standard InChI is InChI=1S/C25H32FN5O2/c1-4-7-23-21(12-19(14-27)31(23)10-5-2)20-13-24(28-15-22(20)26)30-25(33)17-8-6-9-18(11-17)29-16(3)32/h12-13,15,17-18H,4-11H2,1-3H3,(H,29,32)(H,28,30,33)/t17-,18+/m0/s1. The van der Waals surface area contributed by atoms with Gasteiger partial charge in [0.05, 0.1) is 6.20 Å². The molecule has 3 rings (SSSR count). The topological polar surface area (TPSA) is 99.8 Å². The van der Waals surface area contributed by atoms with Crippen LogP contribution in [-0.4, -0.2) is 27.4 Å². The van der Waals surface area contributed by atoms with Crippen LogP contribution in [-0.2, 0) is 22.6 Å². The van der Waals surface area contributed by atoms with E-state index in [0.717, 1.165) is 44.0 Å². The van der Waals surface area contributed by atoms with Crippen LogP contribution in [0.2, 0.25) is 0 Å². The molecule has 1 fully saturated rings. The number of anilines is 1. The number of nitriles is 1. The Morgan fingerprint density at radius 3 is 2.70 bits per heavy atom. The number of nitrogens with zero attached hydrogens (tertiary/aromatic N) is 3. The first kappa shape index (κ1) is 24.4. The van der Waals surface area contributed by atoms with E-state index in [4.69, 9.17) is 0 Å². The Morgan fingerprint density at radius 1 is 1.24 bits per heavy atom. The number of pyridine rings is 1. The fraction of sp³-hybridized carbons (Fsp3) is 0.520. The highest BCUT2D eigenvalue weighted by molar-refractivity contribution is 5.92. The van der Waals surface area contributed by atoms with E-state index < -0.39 is 5.82 Å². The van der Waals surface area contributed by atoms with Gasteiger partial charge in [-0.3, -0.25) is 9.59 Å². The van der Waals surface area contributed by atoms with E-state index in [1.807, 2.05) is 18.4 Å². The van der Waals surface area contributed by atoms with Crippen molar-refractivity contribution in [1.29, 1.82) is 5.26 Å². The molecule has 2 aromatic rings. The number of hydrogen-bond donors (Lipinski definition) is 2. The quantitative estimate of drug-likeness (QED) is 0.612. The summed E-state index contributed by atoms with van der Waals surface area (Å²) in [6.07, 6.45) is 6.58. The van der Waals surface area contributed by atoms with Crippen molar-refractivity contribution in [3.05, 3.63) is 35.5 Å². The predicted molar refractivity (Wildman–Crippen MR) is 125 cm³/mol. The normalized spacial score (nSPS) is 17.9. The fourth-order valence-electron chi connectivity index (χ4n) is 4.69. The zero-order valence-corrected chi connectivity index (χ0v) is 19.6. The summed E-state index contributed by atoms with van der Waals surface area (Å²) in [5.41, 5.74) is 2.42. The summed E-state index contributed by atoms with van der Waals surface area (Å²) in [4.78, 5) is 28.3. The Bertz CT molecular complexity index is 1060. The van der Waals surface area contributed by atoms with Gasteiger partial charge in [0.15, 0.2) is 0 Å². The van der Waals surface area contributed by atoms with E-state index in [2.05, 4.69) is 21.7 Å². The lowest BCUT2D eigenvalue weighted by Crippen LogP contribution is -2.40. The van der Waals surface area contributed by atoms with Crippen LogP contribution in [0.3, 0.4) is 0 Å². The summed E-state index contributed by atoms with van der Waals surface area (Å²) in [5, 5.41) is 15.3. The van der Waals surface area contributed by atoms with Crippen molar-refractivity contribution < 1.29 is 14.0 Å². The van der Waals surface area contributed by atoms with Crippen molar-refractivity contribution >= 4 is 17.6 Å². The molecule has 1 saturated carbocycles. The minimum Gasteiger partial charge on any atom is -0.354 e. The average Bonchev–Trinajstić information content (AvgIpc) is 3.12. The van der Waals surface area contributed by atoms with Gasteiger partial charge in [0.25, 0.3) is 0 Å². The van der Waals surface area contributed by atoms with Gasteiger partial charge < -0.3 is 15.2 Å². The molecule has 0 bridgehead atoms. The molecular weight excluding hydrogens is 421 g/mol. The summed E-state index contributed by atoms with van der Waals surface area (Å²) >= 11 is 0. The van der Waals surface area contributed by atoms with E-state index in [-0.39, 0.29) is 29.6 Å². The summed E-state index contributed by atoms with van der Waals surface area (Å²) in [7, 11) is 0. The lowest BCUT2D eigenvalue weighted by atomic mass is 9.85. The van der Waals surface area contributed by atoms with Gasteiger partial charge in [-0.1, -0.05) is 26.7 Å². The highest BCUT2D eigenvalue weighted by Gasteiger charge is 2.28. The Hall–Kier alpha value is -3.21. The van der Waals surface area contributed by atoms with Gasteiger partial charge >= 0.3 is 0 Å². The van der Waals surface area contributed by atoms with E-state index in [1.54, 1.807) is 12.1 Å². The summed E-state index contributed by atoms with van der Waals surface area (Å²) in [5.74, 6) is -0.725. The Balaban J connectivity index is 1.87. The highest BCUT2D eigenvalue weighted by Crippen LogP contribution is 2.32. The summed E-state index contributed by atoms with van der Waals surface area (Å²) in [6.45, 7) is 6.25. The van der Waals surface area contributed by atoms with Crippen molar-refractivity contribution in [3.8, 4) is 17.2 Å². The number of hydrogen-bond acceptors (Lipinski definition) is 4. The molecule has 0 unspecified atom stereocenters. The van der Waals surface area contributed by atoms with Gasteiger partial charge in [-0.25, -0.2) is 9.37 Å². The molecule has 33 heavy (non-hydrogen) atoms. The second-order valence-corrected chi connectivity index (χ2v) is 8.70. The van der Waals surface area contributed by atoms with Crippen LogP contribution in [0.25, 0.3) is 11.1 Å². The third kappa shape index (κ3) is 5.78. The first-order chi connectivity index (χ1) is 15.9. The molecule has 1 aliphatic carbocycles. The maximum absolute atomic E-state index is 14.9. The van der Waals surface area contributed by atoms with Crippen LogP contribution in [0, 0.1) is 23.1 Å². The number of rotatable bonds is 8. The zero-order valence-electron chi connectivity index (χ0n) is 19.6. The maximum atomic E-state index is 14.9. The fourth-order valence-corrected chi connectivity index (χ4v) is 4.69. The van der Waals surface area contributed by atoms with Gasteiger partial charge in [-0.15, -0.1) is 0 Å². The lowest BCUT2D eigenvalue weighted by molar-refractivity contribution is -0.123. The van der Waals surface area contributed by atoms with Gasteiger partial charge in [-0.05, 0) is 44.2 Å². The summed E-state index contributed by atoms with van der Waals surface area (Å²) in [6, 6.07) is 5.49. The van der Waals surface area contributed by atoms with E-state index in [1.165, 1.54) is 6.92 Å². The Kier molecular flexibility index (Phi) is 8.21. The number of carbonyl (C=O) groups excluding carboxylic acids is 2. The highest BCUT2D eigenvalue weighted by atomic mass is 19.1. The second kappa shape index (κ2) is 11.1. The number of halogens is 1. The van der Waals surface area contributed by atoms with Crippen LogP contribution in [0.1, 0.15) is 70.7 Å². The molecule has 0 saturated heterocycles. The Morgan fingerprint density at radius 2 is 2.03 bits per heavy atom. The minimum absolute atomic E-state index is 0.0110. The smallest absolute Gasteiger partial charge is 0.228 e. The van der Waals surface area contributed by atoms with Crippen LogP contribution in [0.4, 0.5) is 10.2 Å². The largest absolute Gasteiger partial charge is 0.354 e. The number of aromatic nitrogens is 2. The molecule has 8 heteroatoms. The van der Waals surface area contributed by atoms with Crippen molar-refractivity contribution in [3.63, 3.8) is 0 Å². The number of carbonyl (C=O) groups is 2. The van der Waals surface area contributed by atoms with Crippen molar-refractivity contribution in [2.24, 2.45) is 5.92 Å². The van der Waals surface area contributed by atoms with Crippen LogP contribution in [0.15, 0.2) is 18.3 Å². The molecule has 0 aliphatic heterocycles. The third-order valence-corrected chi connectivity index (χ3v) is 6.11. The monoisotopic (exact) mass is 453 g/mol. The molecule has 2 aromatic heterocycles. The molecule has 2 N–H and O–H groups in total. The van der Waals surface area contributed by atoms with Crippen LogP contribution >= 0.6 is 0 Å². The van der Waals surface area contributed by atoms with Gasteiger partial charge in [-0.2, -0.15) is 5.26 Å². The van der Waals surface area contributed by atoms with Crippen molar-refractivity contribution in [2.75, 3.05) is 5.32 Å². The van der Waals surface area contributed by atoms with E-state index >= 15 is 0 Å². The SMILES string of the molecule is CCCc1c(-c2cc(NC(=O)[C@H]3CCC[C@@H](NC(C)=O)C3)ncc2F)cc(C#N)n1CCC. The number of amides is 2. The first-order valence-corrected chi connectivity index (χ1v) is 11.7. The molecule has 0 aromatic carbocycles. The van der Waals surface area contributed by atoms with Gasteiger partial charge in [0.2, 0.25) is 11.8 Å². The molecule has 2 amide bonds. The van der Waals surface area contributed by atoms with Crippen LogP contribution < -0.4 is 10.6 Å². The lowest BCUT2D eigenvalue weighted by Gasteiger charge is -2.28. The zero-order chi connectivity index (χ0) is 24.0. The second-order valence-electron chi connectivity index (χ2n) is 8.70. The number of nitrogens with one attached hydrogen (secondary N) is 2. The van der Waals surface area contributed by atoms with E-state index in [9.17, 15) is 19.2 Å². The molecule has 176 valence electrons. The summed E-state index contributed by atoms with van der Waals surface area (Å²) < 4.78 is 16.8. The average molecular weight is 454 g/mol. The third-order valence-electron chi connectivity index (χ3n) is 6.11. The van der Waals surface area contributed by atoms with Gasteiger partial charge in [0.1, 0.15) is 23.4 Å². The molecule has 7 nitrogen and oxygen atoms in total. The molecule has 2 heterocycles. The maximum Gasteiger partial charge on any atom is 0.228 e.